The molecule has 1 nitrogen and oxygen atoms in total. The lowest BCUT2D eigenvalue weighted by Crippen LogP contribution is -2.39. The molecule has 0 saturated heterocycles. The van der Waals surface area contributed by atoms with E-state index in [0.29, 0.717) is 12.0 Å². The Morgan fingerprint density at radius 2 is 2.11 bits per heavy atom. The Labute approximate surface area is 111 Å². The summed E-state index contributed by atoms with van der Waals surface area (Å²) in [5.74, 6) is 0.407. The van der Waals surface area contributed by atoms with Crippen molar-refractivity contribution in [3.63, 3.8) is 0 Å². The molecular formula is C15H16FNS. The Bertz CT molecular complexity index is 503. The van der Waals surface area contributed by atoms with Crippen LogP contribution in [0.4, 0.5) is 4.39 Å². The molecule has 0 spiro atoms. The summed E-state index contributed by atoms with van der Waals surface area (Å²) in [6.45, 7) is 0.957. The van der Waals surface area contributed by atoms with Crippen LogP contribution in [0.2, 0.25) is 0 Å². The lowest BCUT2D eigenvalue weighted by atomic mass is 9.76. The Balaban J connectivity index is 1.48. The molecule has 3 heteroatoms. The molecule has 2 aromatic rings. The molecule has 1 aromatic heterocycles. The zero-order chi connectivity index (χ0) is 12.4. The number of thiophene rings is 1. The van der Waals surface area contributed by atoms with Gasteiger partial charge in [-0.3, -0.25) is 0 Å². The zero-order valence-corrected chi connectivity index (χ0v) is 10.9. The van der Waals surface area contributed by atoms with Gasteiger partial charge in [0.1, 0.15) is 5.82 Å². The van der Waals surface area contributed by atoms with E-state index in [9.17, 15) is 4.39 Å². The van der Waals surface area contributed by atoms with Gasteiger partial charge in [0, 0.05) is 17.5 Å². The molecule has 0 atom stereocenters. The summed E-state index contributed by atoms with van der Waals surface area (Å²) in [6.07, 6.45) is 2.24. The molecule has 1 N–H and O–H groups in total. The van der Waals surface area contributed by atoms with E-state index in [-0.39, 0.29) is 5.82 Å². The van der Waals surface area contributed by atoms with Crippen molar-refractivity contribution in [2.75, 3.05) is 0 Å². The van der Waals surface area contributed by atoms with E-state index < -0.39 is 0 Å². The van der Waals surface area contributed by atoms with Gasteiger partial charge in [0.2, 0.25) is 0 Å². The quantitative estimate of drug-likeness (QED) is 0.879. The van der Waals surface area contributed by atoms with E-state index in [2.05, 4.69) is 22.8 Å². The van der Waals surface area contributed by atoms with Crippen LogP contribution < -0.4 is 5.32 Å². The third-order valence-corrected chi connectivity index (χ3v) is 4.48. The predicted molar refractivity (Wildman–Crippen MR) is 73.3 cm³/mol. The van der Waals surface area contributed by atoms with Gasteiger partial charge in [-0.2, -0.15) is 0 Å². The predicted octanol–water partition coefficient (Wildman–Crippen LogP) is 3.92. The summed E-state index contributed by atoms with van der Waals surface area (Å²) in [7, 11) is 0. The molecule has 1 heterocycles. The summed E-state index contributed by atoms with van der Waals surface area (Å²) in [5, 5.41) is 5.66. The molecule has 0 bridgehead atoms. The van der Waals surface area contributed by atoms with Crippen LogP contribution in [0.3, 0.4) is 0 Å². The Kier molecular flexibility index (Phi) is 3.43. The molecule has 0 radical (unpaired) electrons. The van der Waals surface area contributed by atoms with Crippen LogP contribution in [0.5, 0.6) is 0 Å². The van der Waals surface area contributed by atoms with E-state index in [1.54, 1.807) is 23.5 Å². The number of nitrogens with one attached hydrogen (secondary N) is 1. The second-order valence-electron chi connectivity index (χ2n) is 4.88. The fraction of sp³-hybridized carbons (Fsp3) is 0.333. The van der Waals surface area contributed by atoms with Gasteiger partial charge in [-0.05, 0) is 47.9 Å². The minimum absolute atomic E-state index is 0.123. The Morgan fingerprint density at radius 1 is 1.22 bits per heavy atom. The summed E-state index contributed by atoms with van der Waals surface area (Å²) in [5.41, 5.74) is 1.14. The lowest BCUT2D eigenvalue weighted by Gasteiger charge is -2.36. The molecule has 0 unspecified atom stereocenters. The second kappa shape index (κ2) is 5.21. The highest BCUT2D eigenvalue weighted by Gasteiger charge is 2.29. The highest BCUT2D eigenvalue weighted by Crippen LogP contribution is 2.37. The molecule has 1 aliphatic rings. The smallest absolute Gasteiger partial charge is 0.123 e. The number of hydrogen-bond acceptors (Lipinski definition) is 2. The highest BCUT2D eigenvalue weighted by molar-refractivity contribution is 7.09. The van der Waals surface area contributed by atoms with Crippen LogP contribution in [0.25, 0.3) is 0 Å². The number of rotatable bonds is 4. The Morgan fingerprint density at radius 3 is 2.83 bits per heavy atom. The van der Waals surface area contributed by atoms with Crippen molar-refractivity contribution in [2.24, 2.45) is 0 Å². The summed E-state index contributed by atoms with van der Waals surface area (Å²) >= 11 is 1.79. The van der Waals surface area contributed by atoms with E-state index in [0.717, 1.165) is 24.9 Å². The third-order valence-electron chi connectivity index (χ3n) is 3.60. The fourth-order valence-electron chi connectivity index (χ4n) is 2.48. The van der Waals surface area contributed by atoms with Crippen molar-refractivity contribution in [3.05, 3.63) is 58.0 Å². The van der Waals surface area contributed by atoms with Gasteiger partial charge in [-0.15, -0.1) is 11.3 Å². The van der Waals surface area contributed by atoms with Crippen LogP contribution in [0, 0.1) is 5.82 Å². The van der Waals surface area contributed by atoms with Crippen LogP contribution in [0.15, 0.2) is 41.8 Å². The van der Waals surface area contributed by atoms with Gasteiger partial charge >= 0.3 is 0 Å². The topological polar surface area (TPSA) is 12.0 Å². The van der Waals surface area contributed by atoms with Crippen LogP contribution in [0.1, 0.15) is 29.2 Å². The van der Waals surface area contributed by atoms with Crippen molar-refractivity contribution in [1.82, 2.24) is 5.32 Å². The molecule has 0 aliphatic heterocycles. The molecule has 3 rings (SSSR count). The second-order valence-corrected chi connectivity index (χ2v) is 5.91. The summed E-state index contributed by atoms with van der Waals surface area (Å²) in [4.78, 5) is 1.38. The Hall–Kier alpha value is -1.19. The van der Waals surface area contributed by atoms with Gasteiger partial charge in [-0.1, -0.05) is 18.2 Å². The first kappa shape index (κ1) is 11.9. The first-order valence-corrected chi connectivity index (χ1v) is 7.20. The third kappa shape index (κ3) is 2.62. The fourth-order valence-corrected chi connectivity index (χ4v) is 3.13. The summed E-state index contributed by atoms with van der Waals surface area (Å²) in [6, 6.07) is 11.8. The van der Waals surface area contributed by atoms with E-state index in [1.807, 2.05) is 6.07 Å². The first-order valence-electron chi connectivity index (χ1n) is 6.32. The van der Waals surface area contributed by atoms with Crippen LogP contribution in [-0.2, 0) is 6.54 Å². The molecular weight excluding hydrogens is 245 g/mol. The maximum atomic E-state index is 13.1. The maximum absolute atomic E-state index is 13.1. The highest BCUT2D eigenvalue weighted by atomic mass is 32.1. The SMILES string of the molecule is Fc1cccc(C2CC(NCc3cccs3)C2)c1. The average molecular weight is 261 g/mol. The maximum Gasteiger partial charge on any atom is 0.123 e. The lowest BCUT2D eigenvalue weighted by molar-refractivity contribution is 0.289. The van der Waals surface area contributed by atoms with E-state index in [4.69, 9.17) is 0 Å². The number of halogens is 1. The van der Waals surface area contributed by atoms with Crippen molar-refractivity contribution >= 4 is 11.3 Å². The van der Waals surface area contributed by atoms with E-state index in [1.165, 1.54) is 10.9 Å². The monoisotopic (exact) mass is 261 g/mol. The zero-order valence-electron chi connectivity index (χ0n) is 10.1. The van der Waals surface area contributed by atoms with Crippen LogP contribution in [-0.4, -0.2) is 6.04 Å². The number of hydrogen-bond donors (Lipinski definition) is 1. The first-order chi connectivity index (χ1) is 8.81. The largest absolute Gasteiger partial charge is 0.309 e. The minimum Gasteiger partial charge on any atom is -0.309 e. The standard InChI is InChI=1S/C15H16FNS/c16-13-4-1-3-11(7-13)12-8-14(9-12)17-10-15-5-2-6-18-15/h1-7,12,14,17H,8-10H2. The average Bonchev–Trinajstić information content (AvgIpc) is 2.80. The molecule has 1 aromatic carbocycles. The van der Waals surface area contributed by atoms with Gasteiger partial charge in [0.25, 0.3) is 0 Å². The van der Waals surface area contributed by atoms with Crippen molar-refractivity contribution in [2.45, 2.75) is 31.3 Å². The van der Waals surface area contributed by atoms with Gasteiger partial charge in [0.05, 0.1) is 0 Å². The molecule has 0 amide bonds. The van der Waals surface area contributed by atoms with Crippen molar-refractivity contribution in [3.8, 4) is 0 Å². The van der Waals surface area contributed by atoms with E-state index >= 15 is 0 Å². The van der Waals surface area contributed by atoms with Gasteiger partial charge in [-0.25, -0.2) is 4.39 Å². The van der Waals surface area contributed by atoms with Crippen molar-refractivity contribution in [1.29, 1.82) is 0 Å². The molecule has 1 saturated carbocycles. The summed E-state index contributed by atoms with van der Waals surface area (Å²) < 4.78 is 13.1. The molecule has 18 heavy (non-hydrogen) atoms. The normalized spacial score (nSPS) is 22.7. The number of benzene rings is 1. The van der Waals surface area contributed by atoms with Gasteiger partial charge < -0.3 is 5.32 Å². The van der Waals surface area contributed by atoms with Gasteiger partial charge in [0.15, 0.2) is 0 Å². The molecule has 1 aliphatic carbocycles. The minimum atomic E-state index is -0.123. The molecule has 94 valence electrons. The van der Waals surface area contributed by atoms with Crippen molar-refractivity contribution < 1.29 is 4.39 Å². The van der Waals surface area contributed by atoms with Crippen LogP contribution >= 0.6 is 11.3 Å². The molecule has 1 fully saturated rings.